The Bertz CT molecular complexity index is 1020. The second kappa shape index (κ2) is 9.54. The van der Waals surface area contributed by atoms with E-state index in [4.69, 9.17) is 0 Å². The van der Waals surface area contributed by atoms with E-state index in [9.17, 15) is 18.0 Å². The maximum absolute atomic E-state index is 14.1. The van der Waals surface area contributed by atoms with Gasteiger partial charge in [-0.3, -0.25) is 9.78 Å². The molecule has 2 aromatic heterocycles. The van der Waals surface area contributed by atoms with E-state index < -0.39 is 34.7 Å². The van der Waals surface area contributed by atoms with Gasteiger partial charge in [0.05, 0.1) is 12.7 Å². The molecule has 3 rings (SSSR count). The van der Waals surface area contributed by atoms with Crippen LogP contribution in [0.15, 0.2) is 42.7 Å². The monoisotopic (exact) mass is 418 g/mol. The first-order valence-electron chi connectivity index (χ1n) is 8.74. The highest BCUT2D eigenvalue weighted by molar-refractivity contribution is 5.95. The fourth-order valence-corrected chi connectivity index (χ4v) is 2.46. The molecular formula is C19H17F3N6O2. The lowest BCUT2D eigenvalue weighted by Crippen LogP contribution is -2.30. The van der Waals surface area contributed by atoms with Gasteiger partial charge in [0.1, 0.15) is 5.82 Å². The summed E-state index contributed by atoms with van der Waals surface area (Å²) >= 11 is 0. The average molecular weight is 418 g/mol. The second-order valence-corrected chi connectivity index (χ2v) is 5.91. The molecule has 0 fully saturated rings. The Morgan fingerprint density at radius 3 is 2.37 bits per heavy atom. The molecule has 11 heteroatoms. The Morgan fingerprint density at radius 1 is 1.00 bits per heavy atom. The van der Waals surface area contributed by atoms with Gasteiger partial charge in [-0.25, -0.2) is 8.78 Å². The number of amides is 1. The molecule has 0 unspecified atom stereocenters. The molecular weight excluding hydrogens is 401 g/mol. The lowest BCUT2D eigenvalue weighted by molar-refractivity contribution is 0.0949. The topological polar surface area (TPSA) is 101 Å². The van der Waals surface area contributed by atoms with Crippen LogP contribution in [0.5, 0.6) is 5.75 Å². The number of anilines is 3. The molecule has 8 nitrogen and oxygen atoms in total. The summed E-state index contributed by atoms with van der Waals surface area (Å²) in [6.45, 7) is 0.304. The van der Waals surface area contributed by atoms with Crippen molar-refractivity contribution in [3.8, 4) is 5.75 Å². The van der Waals surface area contributed by atoms with Crippen molar-refractivity contribution >= 4 is 23.2 Å². The third-order valence-corrected chi connectivity index (χ3v) is 3.90. The van der Waals surface area contributed by atoms with Crippen LogP contribution in [0.3, 0.4) is 0 Å². The number of carbonyl (C=O) groups excluding carboxylic acids is 1. The van der Waals surface area contributed by atoms with Crippen molar-refractivity contribution in [1.82, 2.24) is 20.5 Å². The number of carbonyl (C=O) groups is 1. The van der Waals surface area contributed by atoms with Crippen molar-refractivity contribution < 1.29 is 22.7 Å². The first-order chi connectivity index (χ1) is 14.5. The van der Waals surface area contributed by atoms with Crippen molar-refractivity contribution in [1.29, 1.82) is 0 Å². The maximum Gasteiger partial charge on any atom is 0.254 e. The van der Waals surface area contributed by atoms with Crippen LogP contribution in [-0.4, -0.2) is 41.3 Å². The van der Waals surface area contributed by atoms with Crippen LogP contribution >= 0.6 is 0 Å². The van der Waals surface area contributed by atoms with Crippen molar-refractivity contribution in [2.24, 2.45) is 0 Å². The number of methoxy groups -OCH3 is 1. The summed E-state index contributed by atoms with van der Waals surface area (Å²) in [5.74, 6) is -5.03. The predicted octanol–water partition coefficient (Wildman–Crippen LogP) is 2.88. The molecule has 156 valence electrons. The Kier molecular flexibility index (Phi) is 6.63. The molecule has 3 N–H and O–H groups in total. The number of ether oxygens (including phenoxy) is 1. The van der Waals surface area contributed by atoms with E-state index in [1.807, 2.05) is 0 Å². The SMILES string of the molecule is COc1c(F)c(F)cc(C(=O)NCCNc2ccc(Nc3ccncc3)nn2)c1F. The van der Waals surface area contributed by atoms with E-state index in [2.05, 4.69) is 35.9 Å². The van der Waals surface area contributed by atoms with Gasteiger partial charge in [0.15, 0.2) is 23.2 Å². The molecule has 0 aliphatic rings. The molecule has 1 amide bonds. The Morgan fingerprint density at radius 2 is 1.70 bits per heavy atom. The molecule has 0 saturated heterocycles. The summed E-state index contributed by atoms with van der Waals surface area (Å²) in [7, 11) is 0.978. The number of nitrogens with zero attached hydrogens (tertiary/aromatic N) is 3. The zero-order valence-electron chi connectivity index (χ0n) is 15.7. The van der Waals surface area contributed by atoms with Crippen LogP contribution in [0.25, 0.3) is 0 Å². The van der Waals surface area contributed by atoms with Crippen LogP contribution in [0.1, 0.15) is 10.4 Å². The average Bonchev–Trinajstić information content (AvgIpc) is 2.76. The Labute approximate surface area is 169 Å². The van der Waals surface area contributed by atoms with Gasteiger partial charge in [-0.15, -0.1) is 10.2 Å². The molecule has 0 atom stereocenters. The number of hydrogen-bond acceptors (Lipinski definition) is 7. The Balaban J connectivity index is 1.50. The smallest absolute Gasteiger partial charge is 0.254 e. The van der Waals surface area contributed by atoms with Crippen LogP contribution in [0.4, 0.5) is 30.5 Å². The van der Waals surface area contributed by atoms with Crippen LogP contribution < -0.4 is 20.7 Å². The van der Waals surface area contributed by atoms with Gasteiger partial charge < -0.3 is 20.7 Å². The van der Waals surface area contributed by atoms with Gasteiger partial charge >= 0.3 is 0 Å². The van der Waals surface area contributed by atoms with E-state index in [0.717, 1.165) is 12.8 Å². The van der Waals surface area contributed by atoms with Crippen molar-refractivity contribution in [2.75, 3.05) is 30.8 Å². The van der Waals surface area contributed by atoms with E-state index in [-0.39, 0.29) is 13.1 Å². The molecule has 0 bridgehead atoms. The van der Waals surface area contributed by atoms with Crippen molar-refractivity contribution in [2.45, 2.75) is 0 Å². The van der Waals surface area contributed by atoms with Gasteiger partial charge in [0, 0.05) is 31.2 Å². The fraction of sp³-hybridized carbons (Fsp3) is 0.158. The highest BCUT2D eigenvalue weighted by Gasteiger charge is 2.23. The van der Waals surface area contributed by atoms with Gasteiger partial charge in [-0.1, -0.05) is 0 Å². The van der Waals surface area contributed by atoms with E-state index in [1.54, 1.807) is 36.7 Å². The molecule has 3 aromatic rings. The number of hydrogen-bond donors (Lipinski definition) is 3. The standard InChI is InChI=1S/C19H17F3N6O2/c1-30-18-16(21)12(10-13(20)17(18)22)19(29)25-9-8-24-14-2-3-15(28-27-14)26-11-4-6-23-7-5-11/h2-7,10H,8-9H2,1H3,(H,24,27)(H,25,29)(H,23,26,28). The zero-order valence-corrected chi connectivity index (χ0v) is 15.7. The highest BCUT2D eigenvalue weighted by atomic mass is 19.2. The molecule has 1 aromatic carbocycles. The minimum atomic E-state index is -1.49. The number of halogens is 3. The van der Waals surface area contributed by atoms with Crippen molar-refractivity contribution in [3.05, 3.63) is 65.7 Å². The fourth-order valence-electron chi connectivity index (χ4n) is 2.46. The summed E-state index contributed by atoms with van der Waals surface area (Å²) in [5.41, 5.74) is 0.154. The van der Waals surface area contributed by atoms with E-state index in [0.29, 0.717) is 17.7 Å². The summed E-state index contributed by atoms with van der Waals surface area (Å²) < 4.78 is 45.5. The van der Waals surface area contributed by atoms with E-state index in [1.165, 1.54) is 0 Å². The van der Waals surface area contributed by atoms with Crippen LogP contribution in [-0.2, 0) is 0 Å². The lowest BCUT2D eigenvalue weighted by atomic mass is 10.1. The summed E-state index contributed by atoms with van der Waals surface area (Å²) in [6.07, 6.45) is 3.28. The van der Waals surface area contributed by atoms with Crippen LogP contribution in [0, 0.1) is 17.5 Å². The third kappa shape index (κ3) is 4.93. The molecule has 30 heavy (non-hydrogen) atoms. The third-order valence-electron chi connectivity index (χ3n) is 3.90. The number of aromatic nitrogens is 3. The minimum absolute atomic E-state index is 0.0677. The molecule has 0 aliphatic heterocycles. The first kappa shape index (κ1) is 20.8. The minimum Gasteiger partial charge on any atom is -0.491 e. The van der Waals surface area contributed by atoms with Gasteiger partial charge in [0.2, 0.25) is 5.82 Å². The highest BCUT2D eigenvalue weighted by Crippen LogP contribution is 2.26. The van der Waals surface area contributed by atoms with Gasteiger partial charge in [0.25, 0.3) is 5.91 Å². The molecule has 0 saturated carbocycles. The number of pyridine rings is 1. The molecule has 0 aliphatic carbocycles. The maximum atomic E-state index is 14.1. The second-order valence-electron chi connectivity index (χ2n) is 5.91. The summed E-state index contributed by atoms with van der Waals surface area (Å²) in [5, 5.41) is 16.4. The molecule has 0 radical (unpaired) electrons. The number of benzene rings is 1. The zero-order chi connectivity index (χ0) is 21.5. The first-order valence-corrected chi connectivity index (χ1v) is 8.74. The largest absolute Gasteiger partial charge is 0.491 e. The van der Waals surface area contributed by atoms with Gasteiger partial charge in [-0.2, -0.15) is 4.39 Å². The van der Waals surface area contributed by atoms with E-state index >= 15 is 0 Å². The summed E-state index contributed by atoms with van der Waals surface area (Å²) in [6, 6.07) is 7.43. The summed E-state index contributed by atoms with van der Waals surface area (Å²) in [4.78, 5) is 16.0. The van der Waals surface area contributed by atoms with Crippen molar-refractivity contribution in [3.63, 3.8) is 0 Å². The Hall–Kier alpha value is -3.89. The van der Waals surface area contributed by atoms with Crippen LogP contribution in [0.2, 0.25) is 0 Å². The quantitative estimate of drug-likeness (QED) is 0.382. The molecule has 2 heterocycles. The lowest BCUT2D eigenvalue weighted by Gasteiger charge is -2.11. The number of nitrogens with one attached hydrogen (secondary N) is 3. The van der Waals surface area contributed by atoms with Gasteiger partial charge in [-0.05, 0) is 30.3 Å². The normalized spacial score (nSPS) is 10.4. The molecule has 0 spiro atoms. The number of rotatable bonds is 8. The predicted molar refractivity (Wildman–Crippen MR) is 103 cm³/mol.